The summed E-state index contributed by atoms with van der Waals surface area (Å²) in [5, 5.41) is 9.80. The molecule has 3 amide bonds. The number of amides is 3. The third-order valence-corrected chi connectivity index (χ3v) is 4.67. The third-order valence-electron chi connectivity index (χ3n) is 4.67. The first kappa shape index (κ1) is 18.7. The van der Waals surface area contributed by atoms with Gasteiger partial charge in [0, 0.05) is 37.2 Å². The standard InChI is InChI=1S/C18H24N6O3/c1-3-19-18(27)15-9-13(22-17(26)14-5-4-7-20-14)10-23(15)16(25)11-24-12(2)6-8-21-24/h4-8,13,15,20H,3,9-11H2,1-2H3,(H,19,27)(H,22,26)/t13-,15-/m0/s1. The topological polar surface area (TPSA) is 112 Å². The minimum atomic E-state index is -0.609. The molecule has 1 saturated heterocycles. The predicted molar refractivity (Wildman–Crippen MR) is 97.8 cm³/mol. The van der Waals surface area contributed by atoms with Gasteiger partial charge >= 0.3 is 0 Å². The Morgan fingerprint density at radius 2 is 2.15 bits per heavy atom. The quantitative estimate of drug-likeness (QED) is 0.665. The number of H-pyrrole nitrogens is 1. The summed E-state index contributed by atoms with van der Waals surface area (Å²) < 4.78 is 1.60. The smallest absolute Gasteiger partial charge is 0.267 e. The lowest BCUT2D eigenvalue weighted by Crippen LogP contribution is -2.47. The molecule has 0 aliphatic carbocycles. The van der Waals surface area contributed by atoms with Crippen molar-refractivity contribution in [3.05, 3.63) is 42.0 Å². The van der Waals surface area contributed by atoms with Crippen molar-refractivity contribution in [3.63, 3.8) is 0 Å². The van der Waals surface area contributed by atoms with E-state index in [1.165, 1.54) is 4.90 Å². The van der Waals surface area contributed by atoms with Gasteiger partial charge in [-0.05, 0) is 38.5 Å². The first-order chi connectivity index (χ1) is 13.0. The van der Waals surface area contributed by atoms with Crippen LogP contribution in [0.5, 0.6) is 0 Å². The van der Waals surface area contributed by atoms with E-state index < -0.39 is 6.04 Å². The molecule has 0 bridgehead atoms. The number of hydrogen-bond donors (Lipinski definition) is 3. The molecule has 3 N–H and O–H groups in total. The van der Waals surface area contributed by atoms with Crippen LogP contribution in [0.4, 0.5) is 0 Å². The van der Waals surface area contributed by atoms with Gasteiger partial charge < -0.3 is 20.5 Å². The minimum Gasteiger partial charge on any atom is -0.357 e. The van der Waals surface area contributed by atoms with E-state index in [4.69, 9.17) is 0 Å². The Bertz CT molecular complexity index is 813. The Kier molecular flexibility index (Phi) is 5.58. The van der Waals surface area contributed by atoms with Crippen LogP contribution in [0.2, 0.25) is 0 Å². The molecule has 0 radical (unpaired) electrons. The van der Waals surface area contributed by atoms with Crippen molar-refractivity contribution >= 4 is 17.7 Å². The zero-order chi connectivity index (χ0) is 19.4. The molecule has 9 nitrogen and oxygen atoms in total. The van der Waals surface area contributed by atoms with E-state index in [0.29, 0.717) is 18.7 Å². The van der Waals surface area contributed by atoms with Gasteiger partial charge in [-0.2, -0.15) is 5.10 Å². The monoisotopic (exact) mass is 372 g/mol. The molecule has 0 spiro atoms. The number of carbonyl (C=O) groups excluding carboxylic acids is 3. The van der Waals surface area contributed by atoms with Crippen LogP contribution in [0.25, 0.3) is 0 Å². The molecule has 1 aliphatic rings. The molecule has 3 heterocycles. The van der Waals surface area contributed by atoms with Gasteiger partial charge in [0.25, 0.3) is 5.91 Å². The van der Waals surface area contributed by atoms with Gasteiger partial charge in [0.2, 0.25) is 11.8 Å². The number of aromatic amines is 1. The Hall–Kier alpha value is -3.10. The van der Waals surface area contributed by atoms with Crippen molar-refractivity contribution in [2.75, 3.05) is 13.1 Å². The highest BCUT2D eigenvalue weighted by molar-refractivity contribution is 5.93. The maximum absolute atomic E-state index is 12.8. The molecule has 0 aromatic carbocycles. The van der Waals surface area contributed by atoms with Gasteiger partial charge in [-0.3, -0.25) is 19.1 Å². The Balaban J connectivity index is 1.71. The number of nitrogens with one attached hydrogen (secondary N) is 3. The maximum atomic E-state index is 12.8. The van der Waals surface area contributed by atoms with Crippen LogP contribution in [0.3, 0.4) is 0 Å². The van der Waals surface area contributed by atoms with E-state index in [0.717, 1.165) is 5.69 Å². The SMILES string of the molecule is CCNC(=O)[C@@H]1C[C@H](NC(=O)c2ccc[nH]2)CN1C(=O)Cn1nccc1C. The molecule has 2 atom stereocenters. The third kappa shape index (κ3) is 4.18. The Labute approximate surface area is 157 Å². The van der Waals surface area contributed by atoms with Crippen molar-refractivity contribution in [2.24, 2.45) is 0 Å². The molecule has 1 fully saturated rings. The number of aromatic nitrogens is 3. The van der Waals surface area contributed by atoms with Crippen LogP contribution < -0.4 is 10.6 Å². The summed E-state index contributed by atoms with van der Waals surface area (Å²) in [7, 11) is 0. The second kappa shape index (κ2) is 8.07. The number of rotatable bonds is 6. The first-order valence-corrected chi connectivity index (χ1v) is 8.99. The van der Waals surface area contributed by atoms with Crippen LogP contribution in [0.1, 0.15) is 29.5 Å². The minimum absolute atomic E-state index is 0.0615. The molecule has 9 heteroatoms. The number of hydrogen-bond acceptors (Lipinski definition) is 4. The van der Waals surface area contributed by atoms with Crippen LogP contribution in [0.15, 0.2) is 30.6 Å². The molecule has 1 aliphatic heterocycles. The molecule has 2 aromatic rings. The predicted octanol–water partition coefficient (Wildman–Crippen LogP) is 0.0552. The number of likely N-dealkylation sites (N-methyl/N-ethyl adjacent to an activating group) is 1. The van der Waals surface area contributed by atoms with Crippen molar-refractivity contribution in [1.82, 2.24) is 30.3 Å². The summed E-state index contributed by atoms with van der Waals surface area (Å²) >= 11 is 0. The summed E-state index contributed by atoms with van der Waals surface area (Å²) in [5.41, 5.74) is 1.32. The summed E-state index contributed by atoms with van der Waals surface area (Å²) in [4.78, 5) is 41.9. The fourth-order valence-electron chi connectivity index (χ4n) is 3.27. The van der Waals surface area contributed by atoms with Crippen molar-refractivity contribution in [3.8, 4) is 0 Å². The molecule has 27 heavy (non-hydrogen) atoms. The van der Waals surface area contributed by atoms with E-state index in [1.54, 1.807) is 29.2 Å². The van der Waals surface area contributed by atoms with E-state index in [9.17, 15) is 14.4 Å². The van der Waals surface area contributed by atoms with Gasteiger partial charge in [0.15, 0.2) is 0 Å². The fraction of sp³-hybridized carbons (Fsp3) is 0.444. The summed E-state index contributed by atoms with van der Waals surface area (Å²) in [6.45, 7) is 4.52. The first-order valence-electron chi connectivity index (χ1n) is 8.99. The highest BCUT2D eigenvalue weighted by atomic mass is 16.2. The number of nitrogens with zero attached hydrogens (tertiary/aromatic N) is 3. The highest BCUT2D eigenvalue weighted by Crippen LogP contribution is 2.20. The lowest BCUT2D eigenvalue weighted by atomic mass is 10.1. The molecular formula is C18H24N6O3. The highest BCUT2D eigenvalue weighted by Gasteiger charge is 2.40. The van der Waals surface area contributed by atoms with Crippen molar-refractivity contribution < 1.29 is 14.4 Å². The Morgan fingerprint density at radius 1 is 1.33 bits per heavy atom. The summed E-state index contributed by atoms with van der Waals surface area (Å²) in [5.74, 6) is -0.661. The van der Waals surface area contributed by atoms with E-state index in [2.05, 4.69) is 20.7 Å². The van der Waals surface area contributed by atoms with E-state index in [1.807, 2.05) is 19.9 Å². The van der Waals surface area contributed by atoms with Gasteiger partial charge in [0.1, 0.15) is 18.3 Å². The Morgan fingerprint density at radius 3 is 2.78 bits per heavy atom. The maximum Gasteiger partial charge on any atom is 0.267 e. The second-order valence-corrected chi connectivity index (χ2v) is 6.58. The zero-order valence-corrected chi connectivity index (χ0v) is 15.4. The molecule has 2 aromatic heterocycles. The van der Waals surface area contributed by atoms with Crippen LogP contribution in [0, 0.1) is 6.92 Å². The van der Waals surface area contributed by atoms with Crippen LogP contribution in [-0.2, 0) is 16.1 Å². The van der Waals surface area contributed by atoms with Crippen molar-refractivity contribution in [2.45, 2.75) is 38.9 Å². The van der Waals surface area contributed by atoms with Crippen LogP contribution in [-0.4, -0.2) is 62.6 Å². The summed E-state index contributed by atoms with van der Waals surface area (Å²) in [6, 6.07) is 4.33. The molecular weight excluding hydrogens is 348 g/mol. The average Bonchev–Trinajstić information content (AvgIpc) is 3.37. The molecule has 0 saturated carbocycles. The molecule has 0 unspecified atom stereocenters. The summed E-state index contributed by atoms with van der Waals surface area (Å²) in [6.07, 6.45) is 3.68. The van der Waals surface area contributed by atoms with Gasteiger partial charge in [-0.25, -0.2) is 0 Å². The van der Waals surface area contributed by atoms with Gasteiger partial charge in [-0.15, -0.1) is 0 Å². The number of likely N-dealkylation sites (tertiary alicyclic amines) is 1. The lowest BCUT2D eigenvalue weighted by Gasteiger charge is -2.23. The largest absolute Gasteiger partial charge is 0.357 e. The van der Waals surface area contributed by atoms with Gasteiger partial charge in [-0.1, -0.05) is 0 Å². The van der Waals surface area contributed by atoms with Crippen molar-refractivity contribution in [1.29, 1.82) is 0 Å². The fourth-order valence-corrected chi connectivity index (χ4v) is 3.27. The normalized spacial score (nSPS) is 19.1. The zero-order valence-electron chi connectivity index (χ0n) is 15.4. The molecule has 3 rings (SSSR count). The van der Waals surface area contributed by atoms with Gasteiger partial charge in [0.05, 0.1) is 0 Å². The number of aryl methyl sites for hydroxylation is 1. The van der Waals surface area contributed by atoms with Crippen LogP contribution >= 0.6 is 0 Å². The molecule has 144 valence electrons. The average molecular weight is 372 g/mol. The van der Waals surface area contributed by atoms with E-state index in [-0.39, 0.29) is 36.9 Å². The second-order valence-electron chi connectivity index (χ2n) is 6.58. The van der Waals surface area contributed by atoms with E-state index >= 15 is 0 Å². The number of carbonyl (C=O) groups is 3. The lowest BCUT2D eigenvalue weighted by molar-refractivity contribution is -0.139.